The van der Waals surface area contributed by atoms with Crippen molar-refractivity contribution < 1.29 is 27.1 Å². The van der Waals surface area contributed by atoms with Gasteiger partial charge in [0.1, 0.15) is 11.9 Å². The number of aromatic nitrogens is 4. The van der Waals surface area contributed by atoms with Crippen molar-refractivity contribution in [2.45, 2.75) is 18.7 Å². The van der Waals surface area contributed by atoms with Gasteiger partial charge in [-0.15, -0.1) is 15.3 Å². The monoisotopic (exact) mass is 297 g/mol. The number of nitrogens with zero attached hydrogens (tertiary/aromatic N) is 4. The lowest BCUT2D eigenvalue weighted by atomic mass is 10.3. The predicted molar refractivity (Wildman–Crippen MR) is 56.3 cm³/mol. The van der Waals surface area contributed by atoms with Crippen molar-refractivity contribution in [2.75, 3.05) is 11.9 Å². The molecular weight excluding hydrogens is 289 g/mol. The number of hydrogen-bond acceptors (Lipinski definition) is 5. The van der Waals surface area contributed by atoms with E-state index >= 15 is 0 Å². The molecule has 2 aromatic rings. The highest BCUT2D eigenvalue weighted by atomic mass is 19.4. The number of hydrogen-bond donors (Lipinski definition) is 2. The van der Waals surface area contributed by atoms with E-state index in [4.69, 9.17) is 5.11 Å². The van der Waals surface area contributed by atoms with E-state index in [0.29, 0.717) is 4.52 Å². The molecule has 0 aromatic carbocycles. The van der Waals surface area contributed by atoms with Gasteiger partial charge in [0.2, 0.25) is 0 Å². The SMILES string of the molecule is OC(CNc1ccc2nnc(C(F)(F)F)n2n1)C(F)F. The van der Waals surface area contributed by atoms with Gasteiger partial charge in [0.05, 0.1) is 0 Å². The van der Waals surface area contributed by atoms with Gasteiger partial charge >= 0.3 is 6.18 Å². The fraction of sp³-hybridized carbons (Fsp3) is 0.444. The Morgan fingerprint density at radius 1 is 1.25 bits per heavy atom. The zero-order valence-corrected chi connectivity index (χ0v) is 9.64. The summed E-state index contributed by atoms with van der Waals surface area (Å²) >= 11 is 0. The van der Waals surface area contributed by atoms with E-state index in [0.717, 1.165) is 0 Å². The smallest absolute Gasteiger partial charge is 0.385 e. The maximum Gasteiger partial charge on any atom is 0.453 e. The average molecular weight is 297 g/mol. The molecule has 0 radical (unpaired) electrons. The minimum absolute atomic E-state index is 0.123. The Bertz CT molecular complexity index is 598. The highest BCUT2D eigenvalue weighted by molar-refractivity contribution is 5.44. The molecule has 0 aliphatic carbocycles. The van der Waals surface area contributed by atoms with Crippen LogP contribution < -0.4 is 5.32 Å². The molecule has 0 fully saturated rings. The van der Waals surface area contributed by atoms with Gasteiger partial charge in [0.15, 0.2) is 5.65 Å². The van der Waals surface area contributed by atoms with Crippen LogP contribution in [-0.4, -0.2) is 44.0 Å². The first kappa shape index (κ1) is 14.4. The van der Waals surface area contributed by atoms with Gasteiger partial charge in [0.25, 0.3) is 12.2 Å². The van der Waals surface area contributed by atoms with Crippen molar-refractivity contribution in [3.8, 4) is 0 Å². The predicted octanol–water partition coefficient (Wildman–Crippen LogP) is 1.18. The first-order chi connectivity index (χ1) is 9.29. The fourth-order valence-corrected chi connectivity index (χ4v) is 1.36. The molecule has 0 spiro atoms. The van der Waals surface area contributed by atoms with Gasteiger partial charge in [-0.05, 0) is 12.1 Å². The lowest BCUT2D eigenvalue weighted by molar-refractivity contribution is -0.146. The summed E-state index contributed by atoms with van der Waals surface area (Å²) in [7, 11) is 0. The van der Waals surface area contributed by atoms with E-state index in [1.54, 1.807) is 0 Å². The van der Waals surface area contributed by atoms with Gasteiger partial charge in [0, 0.05) is 6.54 Å². The van der Waals surface area contributed by atoms with Gasteiger partial charge in [-0.1, -0.05) is 0 Å². The third-order valence-corrected chi connectivity index (χ3v) is 2.30. The Kier molecular flexibility index (Phi) is 3.70. The van der Waals surface area contributed by atoms with Crippen LogP contribution in [0.15, 0.2) is 12.1 Å². The quantitative estimate of drug-likeness (QED) is 0.829. The van der Waals surface area contributed by atoms with E-state index < -0.39 is 31.1 Å². The molecule has 1 atom stereocenters. The Morgan fingerprint density at radius 2 is 1.95 bits per heavy atom. The molecular formula is C9H8F5N5O. The number of alkyl halides is 5. The van der Waals surface area contributed by atoms with Crippen molar-refractivity contribution in [1.29, 1.82) is 0 Å². The summed E-state index contributed by atoms with van der Waals surface area (Å²) in [6.07, 6.45) is -9.66. The minimum atomic E-state index is -4.74. The van der Waals surface area contributed by atoms with E-state index in [9.17, 15) is 22.0 Å². The van der Waals surface area contributed by atoms with Gasteiger partial charge in [-0.25, -0.2) is 8.78 Å². The van der Waals surface area contributed by atoms with E-state index in [1.165, 1.54) is 12.1 Å². The minimum Gasteiger partial charge on any atom is -0.385 e. The normalized spacial score (nSPS) is 13.9. The summed E-state index contributed by atoms with van der Waals surface area (Å²) < 4.78 is 62.3. The molecule has 20 heavy (non-hydrogen) atoms. The van der Waals surface area contributed by atoms with E-state index in [-0.39, 0.29) is 11.5 Å². The zero-order valence-electron chi connectivity index (χ0n) is 9.64. The molecule has 2 N–H and O–H groups in total. The summed E-state index contributed by atoms with van der Waals surface area (Å²) in [6.45, 7) is -0.556. The summed E-state index contributed by atoms with van der Waals surface area (Å²) in [4.78, 5) is 0. The number of rotatable bonds is 4. The standard InChI is InChI=1S/C9H8F5N5O/c10-7(11)4(20)3-15-5-1-2-6-16-17-8(9(12,13)14)19(6)18-5/h1-2,4,7,20H,3H2,(H,15,18). The van der Waals surface area contributed by atoms with Gasteiger partial charge in [-0.3, -0.25) is 0 Å². The average Bonchev–Trinajstić information content (AvgIpc) is 2.78. The van der Waals surface area contributed by atoms with Crippen LogP contribution in [0, 0.1) is 0 Å². The summed E-state index contributed by atoms with van der Waals surface area (Å²) in [5.41, 5.74) is -0.141. The highest BCUT2D eigenvalue weighted by Gasteiger charge is 2.37. The topological polar surface area (TPSA) is 75.3 Å². The van der Waals surface area contributed by atoms with Crippen molar-refractivity contribution in [2.24, 2.45) is 0 Å². The molecule has 0 aliphatic rings. The lowest BCUT2D eigenvalue weighted by Gasteiger charge is -2.11. The number of halogens is 5. The molecule has 110 valence electrons. The van der Waals surface area contributed by atoms with Crippen molar-refractivity contribution in [3.63, 3.8) is 0 Å². The van der Waals surface area contributed by atoms with Gasteiger partial charge in [-0.2, -0.15) is 17.7 Å². The number of anilines is 1. The summed E-state index contributed by atoms with van der Waals surface area (Å²) in [6, 6.07) is 2.43. The Balaban J connectivity index is 2.24. The molecule has 0 amide bonds. The Labute approximate surface area is 108 Å². The molecule has 2 rings (SSSR count). The summed E-state index contributed by atoms with van der Waals surface area (Å²) in [5, 5.41) is 21.0. The third-order valence-electron chi connectivity index (χ3n) is 2.30. The van der Waals surface area contributed by atoms with Crippen molar-refractivity contribution >= 4 is 11.5 Å². The molecule has 0 bridgehead atoms. The molecule has 0 aliphatic heterocycles. The molecule has 2 aromatic heterocycles. The number of fused-ring (bicyclic) bond motifs is 1. The Hall–Kier alpha value is -2.04. The second-order valence-electron chi connectivity index (χ2n) is 3.79. The molecule has 2 heterocycles. The molecule has 1 unspecified atom stereocenters. The maximum absolute atomic E-state index is 12.6. The second-order valence-corrected chi connectivity index (χ2v) is 3.79. The highest BCUT2D eigenvalue weighted by Crippen LogP contribution is 2.27. The van der Waals surface area contributed by atoms with Crippen molar-refractivity contribution in [3.05, 3.63) is 18.0 Å². The van der Waals surface area contributed by atoms with Crippen LogP contribution in [0.1, 0.15) is 5.82 Å². The number of aliphatic hydroxyl groups excluding tert-OH is 1. The largest absolute Gasteiger partial charge is 0.453 e. The lowest BCUT2D eigenvalue weighted by Crippen LogP contribution is -2.27. The van der Waals surface area contributed by atoms with Crippen LogP contribution in [0.4, 0.5) is 27.8 Å². The third kappa shape index (κ3) is 2.92. The van der Waals surface area contributed by atoms with Gasteiger partial charge < -0.3 is 10.4 Å². The van der Waals surface area contributed by atoms with Crippen LogP contribution in [0.2, 0.25) is 0 Å². The zero-order chi connectivity index (χ0) is 14.9. The summed E-state index contributed by atoms with van der Waals surface area (Å²) in [5.74, 6) is -1.45. The van der Waals surface area contributed by atoms with Crippen LogP contribution in [0.5, 0.6) is 0 Å². The number of nitrogens with one attached hydrogen (secondary N) is 1. The van der Waals surface area contributed by atoms with Crippen LogP contribution in [-0.2, 0) is 6.18 Å². The first-order valence-electron chi connectivity index (χ1n) is 5.29. The maximum atomic E-state index is 12.6. The second kappa shape index (κ2) is 5.15. The van der Waals surface area contributed by atoms with Crippen LogP contribution in [0.25, 0.3) is 5.65 Å². The Morgan fingerprint density at radius 3 is 2.55 bits per heavy atom. The van der Waals surface area contributed by atoms with E-state index in [2.05, 4.69) is 20.6 Å². The molecule has 6 nitrogen and oxygen atoms in total. The van der Waals surface area contributed by atoms with E-state index in [1.807, 2.05) is 0 Å². The first-order valence-corrected chi connectivity index (χ1v) is 5.29. The van der Waals surface area contributed by atoms with Crippen LogP contribution >= 0.6 is 0 Å². The van der Waals surface area contributed by atoms with Crippen LogP contribution in [0.3, 0.4) is 0 Å². The van der Waals surface area contributed by atoms with Crippen molar-refractivity contribution in [1.82, 2.24) is 19.8 Å². The fourth-order valence-electron chi connectivity index (χ4n) is 1.36. The molecule has 0 saturated carbocycles. The molecule has 0 saturated heterocycles. The molecule has 11 heteroatoms. The number of aliphatic hydroxyl groups is 1.